The Kier molecular flexibility index (Phi) is 5.68. The largest absolute Gasteiger partial charge is 0.327 e. The molecule has 24 heavy (non-hydrogen) atoms. The molecule has 1 aliphatic heterocycles. The van der Waals surface area contributed by atoms with Gasteiger partial charge in [0.1, 0.15) is 4.95 Å². The minimum atomic E-state index is -0.161. The number of hydrogen-bond acceptors (Lipinski definition) is 4. The molecular formula is C17H14BrIN4O. The Labute approximate surface area is 162 Å². The molecule has 1 fully saturated rings. The molecule has 1 aliphatic rings. The smallest absolute Gasteiger partial charge is 0.298 e. The fourth-order valence-electron chi connectivity index (χ4n) is 2.33. The van der Waals surface area contributed by atoms with Gasteiger partial charge in [0.05, 0.1) is 6.54 Å². The number of alkyl halides is 1. The SMILES string of the molecule is O=C(C#Cc1ccc(I)cc1)N1CCN(c2ncccn2)C(Br)C1. The molecule has 1 unspecified atom stereocenters. The summed E-state index contributed by atoms with van der Waals surface area (Å²) in [6.45, 7) is 1.80. The molecule has 2 aromatic rings. The second kappa shape index (κ2) is 7.94. The van der Waals surface area contributed by atoms with E-state index >= 15 is 0 Å². The third kappa shape index (κ3) is 4.24. The molecule has 122 valence electrons. The topological polar surface area (TPSA) is 49.3 Å². The predicted molar refractivity (Wildman–Crippen MR) is 105 cm³/mol. The van der Waals surface area contributed by atoms with Gasteiger partial charge in [-0.2, -0.15) is 0 Å². The van der Waals surface area contributed by atoms with Crippen molar-refractivity contribution in [3.63, 3.8) is 0 Å². The maximum Gasteiger partial charge on any atom is 0.298 e. The molecule has 1 aromatic carbocycles. The number of anilines is 1. The first-order chi connectivity index (χ1) is 11.6. The van der Waals surface area contributed by atoms with Crippen LogP contribution in [0.1, 0.15) is 5.56 Å². The highest BCUT2D eigenvalue weighted by Gasteiger charge is 2.28. The van der Waals surface area contributed by atoms with Crippen LogP contribution in [-0.2, 0) is 4.79 Å². The summed E-state index contributed by atoms with van der Waals surface area (Å²) in [5.74, 6) is 6.16. The minimum Gasteiger partial charge on any atom is -0.327 e. The van der Waals surface area contributed by atoms with E-state index < -0.39 is 0 Å². The molecule has 1 atom stereocenters. The van der Waals surface area contributed by atoms with Gasteiger partial charge in [0.2, 0.25) is 5.95 Å². The van der Waals surface area contributed by atoms with Crippen LogP contribution in [0.3, 0.4) is 0 Å². The lowest BCUT2D eigenvalue weighted by molar-refractivity contribution is -0.125. The van der Waals surface area contributed by atoms with Gasteiger partial charge < -0.3 is 9.80 Å². The Morgan fingerprint density at radius 2 is 1.92 bits per heavy atom. The Balaban J connectivity index is 1.63. The molecule has 0 N–H and O–H groups in total. The summed E-state index contributed by atoms with van der Waals surface area (Å²) in [4.78, 5) is 24.6. The number of rotatable bonds is 1. The Hall–Kier alpha value is -1.66. The van der Waals surface area contributed by atoms with E-state index in [1.807, 2.05) is 29.2 Å². The number of halogens is 2. The molecule has 1 aromatic heterocycles. The van der Waals surface area contributed by atoms with Gasteiger partial charge in [0.15, 0.2) is 0 Å². The number of amides is 1. The third-order valence-electron chi connectivity index (χ3n) is 3.57. The van der Waals surface area contributed by atoms with E-state index in [4.69, 9.17) is 0 Å². The van der Waals surface area contributed by atoms with Crippen molar-refractivity contribution in [3.8, 4) is 11.8 Å². The van der Waals surface area contributed by atoms with Crippen molar-refractivity contribution in [1.82, 2.24) is 14.9 Å². The second-order valence-corrected chi connectivity index (χ2v) is 7.49. The maximum atomic E-state index is 12.3. The zero-order valence-electron chi connectivity index (χ0n) is 12.7. The lowest BCUT2D eigenvalue weighted by atomic mass is 10.2. The molecule has 0 spiro atoms. The Morgan fingerprint density at radius 1 is 1.21 bits per heavy atom. The fraction of sp³-hybridized carbons (Fsp3) is 0.235. The van der Waals surface area contributed by atoms with Crippen LogP contribution in [0.15, 0.2) is 42.7 Å². The van der Waals surface area contributed by atoms with Crippen molar-refractivity contribution in [2.75, 3.05) is 24.5 Å². The molecule has 7 heteroatoms. The molecule has 0 aliphatic carbocycles. The van der Waals surface area contributed by atoms with Gasteiger partial charge in [0, 0.05) is 40.5 Å². The molecule has 0 saturated carbocycles. The standard InChI is InChI=1S/C17H14BrIN4O/c18-15-12-22(10-11-23(15)17-20-8-1-9-21-17)16(24)7-4-13-2-5-14(19)6-3-13/h1-3,5-6,8-9,15H,10-12H2. The van der Waals surface area contributed by atoms with Crippen LogP contribution in [-0.4, -0.2) is 45.4 Å². The summed E-state index contributed by atoms with van der Waals surface area (Å²) in [6, 6.07) is 9.57. The number of hydrogen-bond donors (Lipinski definition) is 0. The zero-order valence-corrected chi connectivity index (χ0v) is 16.4. The number of carbonyl (C=O) groups excluding carboxylic acids is 1. The summed E-state index contributed by atoms with van der Waals surface area (Å²) >= 11 is 5.85. The first kappa shape index (κ1) is 17.2. The minimum absolute atomic E-state index is 0.0299. The van der Waals surface area contributed by atoms with Crippen LogP contribution in [0.2, 0.25) is 0 Å². The average Bonchev–Trinajstić information content (AvgIpc) is 2.61. The second-order valence-electron chi connectivity index (χ2n) is 5.18. The van der Waals surface area contributed by atoms with Crippen LogP contribution in [0.25, 0.3) is 0 Å². The average molecular weight is 497 g/mol. The monoisotopic (exact) mass is 496 g/mol. The van der Waals surface area contributed by atoms with Crippen LogP contribution in [0, 0.1) is 15.4 Å². The van der Waals surface area contributed by atoms with Crippen molar-refractivity contribution < 1.29 is 4.79 Å². The van der Waals surface area contributed by atoms with Crippen LogP contribution >= 0.6 is 38.5 Å². The quantitative estimate of drug-likeness (QED) is 0.263. The molecule has 1 saturated heterocycles. The summed E-state index contributed by atoms with van der Waals surface area (Å²) in [7, 11) is 0. The molecule has 2 heterocycles. The predicted octanol–water partition coefficient (Wildman–Crippen LogP) is 2.50. The first-order valence-corrected chi connectivity index (χ1v) is 9.37. The number of aromatic nitrogens is 2. The van der Waals surface area contributed by atoms with Crippen LogP contribution in [0.5, 0.6) is 0 Å². The normalized spacial score (nSPS) is 17.2. The van der Waals surface area contributed by atoms with E-state index in [2.05, 4.69) is 60.3 Å². The van der Waals surface area contributed by atoms with Crippen molar-refractivity contribution in [2.45, 2.75) is 4.95 Å². The van der Waals surface area contributed by atoms with E-state index in [1.165, 1.54) is 0 Å². The summed E-state index contributed by atoms with van der Waals surface area (Å²) in [5.41, 5.74) is 0.843. The lowest BCUT2D eigenvalue weighted by Crippen LogP contribution is -2.52. The summed E-state index contributed by atoms with van der Waals surface area (Å²) in [5, 5.41) is 0. The number of benzene rings is 1. The highest BCUT2D eigenvalue weighted by atomic mass is 127. The third-order valence-corrected chi connectivity index (χ3v) is 5.08. The van der Waals surface area contributed by atoms with E-state index in [0.717, 1.165) is 9.13 Å². The molecule has 3 rings (SSSR count). The van der Waals surface area contributed by atoms with Crippen LogP contribution < -0.4 is 4.90 Å². The van der Waals surface area contributed by atoms with Gasteiger partial charge in [-0.05, 0) is 52.9 Å². The fourth-order valence-corrected chi connectivity index (χ4v) is 3.42. The lowest BCUT2D eigenvalue weighted by Gasteiger charge is -2.37. The number of piperazine rings is 1. The van der Waals surface area contributed by atoms with Gasteiger partial charge in [-0.1, -0.05) is 21.9 Å². The van der Waals surface area contributed by atoms with Gasteiger partial charge in [0.25, 0.3) is 5.91 Å². The highest BCUT2D eigenvalue weighted by Crippen LogP contribution is 2.19. The molecular weight excluding hydrogens is 483 g/mol. The highest BCUT2D eigenvalue weighted by molar-refractivity contribution is 14.1. The van der Waals surface area contributed by atoms with Crippen molar-refractivity contribution in [1.29, 1.82) is 0 Å². The maximum absolute atomic E-state index is 12.3. The first-order valence-electron chi connectivity index (χ1n) is 7.38. The number of carbonyl (C=O) groups is 1. The van der Waals surface area contributed by atoms with Crippen LogP contribution in [0.4, 0.5) is 5.95 Å². The van der Waals surface area contributed by atoms with E-state index in [9.17, 15) is 4.79 Å². The van der Waals surface area contributed by atoms with Crippen molar-refractivity contribution >= 4 is 50.4 Å². The van der Waals surface area contributed by atoms with Gasteiger partial charge in [-0.25, -0.2) is 9.97 Å². The van der Waals surface area contributed by atoms with Gasteiger partial charge >= 0.3 is 0 Å². The molecule has 5 nitrogen and oxygen atoms in total. The summed E-state index contributed by atoms with van der Waals surface area (Å²) < 4.78 is 1.14. The number of nitrogens with zero attached hydrogens (tertiary/aromatic N) is 4. The Morgan fingerprint density at radius 3 is 2.58 bits per heavy atom. The molecule has 0 bridgehead atoms. The van der Waals surface area contributed by atoms with E-state index in [0.29, 0.717) is 25.6 Å². The molecule has 0 radical (unpaired) electrons. The van der Waals surface area contributed by atoms with Crippen molar-refractivity contribution in [2.24, 2.45) is 0 Å². The Bertz CT molecular complexity index is 773. The summed E-state index contributed by atoms with van der Waals surface area (Å²) in [6.07, 6.45) is 3.43. The molecule has 1 amide bonds. The van der Waals surface area contributed by atoms with E-state index in [1.54, 1.807) is 23.4 Å². The van der Waals surface area contributed by atoms with Gasteiger partial charge in [-0.3, -0.25) is 4.79 Å². The zero-order chi connectivity index (χ0) is 16.9. The van der Waals surface area contributed by atoms with E-state index in [-0.39, 0.29) is 10.9 Å². The van der Waals surface area contributed by atoms with Gasteiger partial charge in [-0.15, -0.1) is 0 Å². The van der Waals surface area contributed by atoms with Crippen molar-refractivity contribution in [3.05, 3.63) is 51.9 Å².